The number of hydrogen-bond acceptors (Lipinski definition) is 5. The molecule has 6 fully saturated rings. The molecule has 1 aliphatic heterocycles. The average Bonchev–Trinajstić information content (AvgIpc) is 3.28. The van der Waals surface area contributed by atoms with Gasteiger partial charge in [-0.1, -0.05) is 34.6 Å². The summed E-state index contributed by atoms with van der Waals surface area (Å²) in [6.45, 7) is 19.8. The molecule has 6 aliphatic rings. The highest BCUT2D eigenvalue weighted by atomic mass is 16.6. The third-order valence-corrected chi connectivity index (χ3v) is 14.6. The quantitative estimate of drug-likeness (QED) is 0.344. The van der Waals surface area contributed by atoms with Gasteiger partial charge in [0.2, 0.25) is 0 Å². The number of hydrogen-bond donors (Lipinski definition) is 0. The molecule has 5 nitrogen and oxygen atoms in total. The Kier molecular flexibility index (Phi) is 6.09. The fourth-order valence-electron chi connectivity index (χ4n) is 12.6. The Balaban J connectivity index is 1.23. The van der Waals surface area contributed by atoms with Gasteiger partial charge in [0.25, 0.3) is 0 Å². The lowest BCUT2D eigenvalue weighted by molar-refractivity contribution is -0.183. The van der Waals surface area contributed by atoms with E-state index < -0.39 is 5.60 Å². The zero-order valence-corrected chi connectivity index (χ0v) is 26.2. The summed E-state index contributed by atoms with van der Waals surface area (Å²) in [7, 11) is 0. The Labute approximate surface area is 236 Å². The molecule has 1 heterocycles. The first-order valence-corrected chi connectivity index (χ1v) is 16.1. The first-order chi connectivity index (χ1) is 18.0. The highest BCUT2D eigenvalue weighted by Gasteiger charge is 2.82. The van der Waals surface area contributed by atoms with Crippen molar-refractivity contribution in [2.45, 2.75) is 150 Å². The van der Waals surface area contributed by atoms with Gasteiger partial charge in [-0.05, 0) is 117 Å². The summed E-state index contributed by atoms with van der Waals surface area (Å²) >= 11 is 0. The molecule has 39 heavy (non-hydrogen) atoms. The van der Waals surface area contributed by atoms with Gasteiger partial charge in [-0.3, -0.25) is 9.59 Å². The van der Waals surface area contributed by atoms with Gasteiger partial charge < -0.3 is 14.2 Å². The van der Waals surface area contributed by atoms with Crippen LogP contribution >= 0.6 is 0 Å². The van der Waals surface area contributed by atoms with E-state index in [-0.39, 0.29) is 35.7 Å². The fourth-order valence-corrected chi connectivity index (χ4v) is 12.6. The molecule has 6 rings (SSSR count). The third kappa shape index (κ3) is 3.59. The minimum Gasteiger partial charge on any atom is -0.462 e. The maximum Gasteiger partial charge on any atom is 0.303 e. The summed E-state index contributed by atoms with van der Waals surface area (Å²) in [5, 5.41) is 0. The van der Waals surface area contributed by atoms with Crippen molar-refractivity contribution >= 4 is 11.9 Å². The number of esters is 2. The lowest BCUT2D eigenvalue weighted by atomic mass is 9.41. The van der Waals surface area contributed by atoms with Crippen molar-refractivity contribution in [1.82, 2.24) is 0 Å². The van der Waals surface area contributed by atoms with E-state index in [9.17, 15) is 9.59 Å². The molecule has 5 saturated carbocycles. The van der Waals surface area contributed by atoms with Crippen LogP contribution in [-0.4, -0.2) is 35.9 Å². The van der Waals surface area contributed by atoms with Crippen molar-refractivity contribution in [2.75, 3.05) is 0 Å². The van der Waals surface area contributed by atoms with E-state index in [0.717, 1.165) is 18.8 Å². The van der Waals surface area contributed by atoms with E-state index >= 15 is 0 Å². The van der Waals surface area contributed by atoms with E-state index in [2.05, 4.69) is 48.5 Å². The molecule has 2 spiro atoms. The predicted molar refractivity (Wildman–Crippen MR) is 151 cm³/mol. The van der Waals surface area contributed by atoms with Crippen molar-refractivity contribution in [2.24, 2.45) is 50.7 Å². The molecular formula is C34H54O5. The maximum absolute atomic E-state index is 11.9. The molecule has 0 bridgehead atoms. The minimum absolute atomic E-state index is 0.0534. The molecule has 5 aliphatic carbocycles. The fraction of sp³-hybridized carbons (Fsp3) is 0.941. The summed E-state index contributed by atoms with van der Waals surface area (Å²) < 4.78 is 18.3. The SMILES string of the molecule is CC(=O)OC1CC(C(C)C2CCC3(C)C4CCC5C(C)(C)C(OC(C)=O)CCC56CC46CCC23C)OC1(C)C. The number of rotatable bonds is 4. The topological polar surface area (TPSA) is 61.8 Å². The highest BCUT2D eigenvalue weighted by Crippen LogP contribution is 2.89. The summed E-state index contributed by atoms with van der Waals surface area (Å²) in [4.78, 5) is 23.7. The molecule has 11 unspecified atom stereocenters. The molecule has 11 atom stereocenters. The maximum atomic E-state index is 11.9. The summed E-state index contributed by atoms with van der Waals surface area (Å²) in [5.74, 6) is 2.23. The van der Waals surface area contributed by atoms with E-state index in [1.54, 1.807) is 6.92 Å². The van der Waals surface area contributed by atoms with Crippen LogP contribution < -0.4 is 0 Å². The van der Waals surface area contributed by atoms with Crippen molar-refractivity contribution < 1.29 is 23.8 Å². The second-order valence-electron chi connectivity index (χ2n) is 16.6. The zero-order chi connectivity index (χ0) is 28.4. The van der Waals surface area contributed by atoms with Crippen LogP contribution in [-0.2, 0) is 23.8 Å². The second-order valence-corrected chi connectivity index (χ2v) is 16.6. The highest BCUT2D eigenvalue weighted by molar-refractivity contribution is 5.66. The molecule has 0 aromatic rings. The van der Waals surface area contributed by atoms with Gasteiger partial charge in [-0.25, -0.2) is 0 Å². The van der Waals surface area contributed by atoms with Crippen LogP contribution in [0.5, 0.6) is 0 Å². The Morgan fingerprint density at radius 1 is 0.744 bits per heavy atom. The van der Waals surface area contributed by atoms with Gasteiger partial charge in [0.1, 0.15) is 12.2 Å². The van der Waals surface area contributed by atoms with Crippen LogP contribution in [0.1, 0.15) is 127 Å². The Morgan fingerprint density at radius 3 is 2.03 bits per heavy atom. The molecule has 0 aromatic carbocycles. The first kappa shape index (κ1) is 28.0. The van der Waals surface area contributed by atoms with Gasteiger partial charge >= 0.3 is 11.9 Å². The van der Waals surface area contributed by atoms with E-state index in [1.165, 1.54) is 58.3 Å². The Bertz CT molecular complexity index is 1050. The first-order valence-electron chi connectivity index (χ1n) is 16.1. The summed E-state index contributed by atoms with van der Waals surface area (Å²) in [5.41, 5.74) is 1.25. The van der Waals surface area contributed by atoms with Gasteiger partial charge in [0.05, 0.1) is 11.7 Å². The lowest BCUT2D eigenvalue weighted by Crippen LogP contribution is -2.58. The van der Waals surface area contributed by atoms with Gasteiger partial charge in [-0.2, -0.15) is 0 Å². The van der Waals surface area contributed by atoms with Crippen molar-refractivity contribution in [3.8, 4) is 0 Å². The summed E-state index contributed by atoms with van der Waals surface area (Å²) in [6.07, 6.45) is 12.4. The molecule has 0 amide bonds. The Morgan fingerprint density at radius 2 is 1.36 bits per heavy atom. The van der Waals surface area contributed by atoms with Crippen LogP contribution in [0.25, 0.3) is 0 Å². The van der Waals surface area contributed by atoms with Gasteiger partial charge in [0.15, 0.2) is 0 Å². The van der Waals surface area contributed by atoms with Crippen molar-refractivity contribution in [3.63, 3.8) is 0 Å². The molecule has 5 heteroatoms. The molecule has 0 radical (unpaired) electrons. The number of ether oxygens (including phenoxy) is 3. The second kappa shape index (κ2) is 8.48. The molecular weight excluding hydrogens is 488 g/mol. The number of carbonyl (C=O) groups is 2. The van der Waals surface area contributed by atoms with E-state index in [4.69, 9.17) is 14.2 Å². The molecule has 220 valence electrons. The molecule has 0 aromatic heterocycles. The summed E-state index contributed by atoms with van der Waals surface area (Å²) in [6, 6.07) is 0. The average molecular weight is 543 g/mol. The van der Waals surface area contributed by atoms with Crippen LogP contribution in [0, 0.1) is 50.7 Å². The Hall–Kier alpha value is -1.10. The predicted octanol–water partition coefficient (Wildman–Crippen LogP) is 7.49. The lowest BCUT2D eigenvalue weighted by Gasteiger charge is -2.63. The van der Waals surface area contributed by atoms with Crippen molar-refractivity contribution in [3.05, 3.63) is 0 Å². The normalized spacial score (nSPS) is 51.5. The van der Waals surface area contributed by atoms with Crippen LogP contribution in [0.4, 0.5) is 0 Å². The van der Waals surface area contributed by atoms with Gasteiger partial charge in [-0.15, -0.1) is 0 Å². The monoisotopic (exact) mass is 542 g/mol. The standard InChI is InChI=1S/C34H54O5/c1-20(24-18-28(38-22(3)36)30(6,7)39-24)23-12-14-32(9)26-11-10-25-29(4,5)27(37-21(2)35)13-15-33(25)19-34(26,33)17-16-31(23,32)8/h20,23-28H,10-19H2,1-9H3. The molecule has 1 saturated heterocycles. The van der Waals surface area contributed by atoms with Crippen LogP contribution in [0.3, 0.4) is 0 Å². The zero-order valence-electron chi connectivity index (χ0n) is 26.2. The third-order valence-electron chi connectivity index (χ3n) is 14.6. The smallest absolute Gasteiger partial charge is 0.303 e. The number of carbonyl (C=O) groups excluding carboxylic acids is 2. The van der Waals surface area contributed by atoms with E-state index in [1.807, 2.05) is 0 Å². The van der Waals surface area contributed by atoms with Gasteiger partial charge in [0, 0.05) is 25.7 Å². The van der Waals surface area contributed by atoms with Crippen LogP contribution in [0.2, 0.25) is 0 Å². The van der Waals surface area contributed by atoms with Crippen molar-refractivity contribution in [1.29, 1.82) is 0 Å². The largest absolute Gasteiger partial charge is 0.462 e. The van der Waals surface area contributed by atoms with E-state index in [0.29, 0.717) is 39.4 Å². The number of fused-ring (bicyclic) bond motifs is 2. The molecule has 0 N–H and O–H groups in total. The minimum atomic E-state index is -0.430. The van der Waals surface area contributed by atoms with Crippen LogP contribution in [0.15, 0.2) is 0 Å².